The van der Waals surface area contributed by atoms with Crippen LogP contribution in [0.4, 0.5) is 0 Å². The zero-order valence-corrected chi connectivity index (χ0v) is 10.0. The van der Waals surface area contributed by atoms with Crippen LogP contribution in [0.25, 0.3) is 6.08 Å². The van der Waals surface area contributed by atoms with E-state index in [0.717, 1.165) is 12.0 Å². The highest BCUT2D eigenvalue weighted by atomic mass is 16.4. The van der Waals surface area contributed by atoms with Crippen molar-refractivity contribution in [3.05, 3.63) is 30.1 Å². The first kappa shape index (κ1) is 12.4. The summed E-state index contributed by atoms with van der Waals surface area (Å²) in [6.07, 6.45) is 8.58. The number of nitrogens with zero attached hydrogens (tertiary/aromatic N) is 1. The van der Waals surface area contributed by atoms with Crippen molar-refractivity contribution in [1.82, 2.24) is 9.88 Å². The van der Waals surface area contributed by atoms with Crippen LogP contribution >= 0.6 is 0 Å². The number of hydrogen-bond acceptors (Lipinski definition) is 2. The number of carboxylic acids is 1. The van der Waals surface area contributed by atoms with E-state index in [0.29, 0.717) is 13.1 Å². The summed E-state index contributed by atoms with van der Waals surface area (Å²) in [6, 6.07) is 1.96. The molecule has 1 saturated heterocycles. The largest absolute Gasteiger partial charge is 0.481 e. The Bertz CT molecular complexity index is 451. The molecule has 18 heavy (non-hydrogen) atoms. The second kappa shape index (κ2) is 5.53. The summed E-state index contributed by atoms with van der Waals surface area (Å²) in [7, 11) is 0. The molecule has 1 aromatic heterocycles. The van der Waals surface area contributed by atoms with Gasteiger partial charge in [-0.15, -0.1) is 0 Å². The van der Waals surface area contributed by atoms with E-state index in [-0.39, 0.29) is 12.3 Å². The minimum Gasteiger partial charge on any atom is -0.481 e. The van der Waals surface area contributed by atoms with Crippen LogP contribution in [0.2, 0.25) is 0 Å². The summed E-state index contributed by atoms with van der Waals surface area (Å²) in [5.74, 6) is -1.47. The van der Waals surface area contributed by atoms with Crippen molar-refractivity contribution in [2.75, 3.05) is 13.1 Å². The summed E-state index contributed by atoms with van der Waals surface area (Å²) in [5, 5.41) is 8.85. The Kier molecular flexibility index (Phi) is 3.82. The number of aromatic nitrogens is 1. The van der Waals surface area contributed by atoms with E-state index in [1.165, 1.54) is 0 Å². The number of nitrogens with one attached hydrogen (secondary N) is 1. The van der Waals surface area contributed by atoms with Gasteiger partial charge in [-0.1, -0.05) is 12.2 Å². The highest BCUT2D eigenvalue weighted by Crippen LogP contribution is 2.18. The van der Waals surface area contributed by atoms with E-state index in [1.54, 1.807) is 4.90 Å². The van der Waals surface area contributed by atoms with Gasteiger partial charge in [-0.05, 0) is 18.1 Å². The predicted molar refractivity (Wildman–Crippen MR) is 66.8 cm³/mol. The van der Waals surface area contributed by atoms with Gasteiger partial charge in [0.1, 0.15) is 0 Å². The first-order valence-corrected chi connectivity index (χ1v) is 5.96. The van der Waals surface area contributed by atoms with Crippen LogP contribution in [0.1, 0.15) is 18.4 Å². The van der Waals surface area contributed by atoms with Crippen LogP contribution in [0, 0.1) is 5.92 Å². The minimum absolute atomic E-state index is 0.0579. The Labute approximate surface area is 105 Å². The molecule has 0 aliphatic carbocycles. The predicted octanol–water partition coefficient (Wildman–Crippen LogP) is 1.35. The molecule has 1 atom stereocenters. The number of aromatic amines is 1. The first-order valence-electron chi connectivity index (χ1n) is 5.96. The molecule has 0 saturated carbocycles. The fourth-order valence-electron chi connectivity index (χ4n) is 2.04. The summed E-state index contributed by atoms with van der Waals surface area (Å²) in [5.41, 5.74) is 1.09. The smallest absolute Gasteiger partial charge is 0.308 e. The second-order valence-corrected chi connectivity index (χ2v) is 4.41. The number of carbonyl (C=O) groups excluding carboxylic acids is 1. The Hall–Kier alpha value is -2.04. The topological polar surface area (TPSA) is 73.4 Å². The second-order valence-electron chi connectivity index (χ2n) is 4.41. The van der Waals surface area contributed by atoms with Gasteiger partial charge in [0, 0.05) is 31.9 Å². The molecule has 1 unspecified atom stereocenters. The zero-order chi connectivity index (χ0) is 13.0. The van der Waals surface area contributed by atoms with Crippen LogP contribution in [0.3, 0.4) is 0 Å². The number of amides is 1. The maximum atomic E-state index is 11.5. The quantitative estimate of drug-likeness (QED) is 0.826. The SMILES string of the molecule is O=C(O)C1CC(=O)N(CC/C=C/c2cc[nH]c2)C1. The molecule has 5 nitrogen and oxygen atoms in total. The van der Waals surface area contributed by atoms with Crippen molar-refractivity contribution in [2.24, 2.45) is 5.92 Å². The number of rotatable bonds is 5. The average Bonchev–Trinajstić information content (AvgIpc) is 2.94. The molecule has 96 valence electrons. The molecular weight excluding hydrogens is 232 g/mol. The fourth-order valence-corrected chi connectivity index (χ4v) is 2.04. The lowest BCUT2D eigenvalue weighted by Crippen LogP contribution is -2.27. The summed E-state index contributed by atoms with van der Waals surface area (Å²) >= 11 is 0. The highest BCUT2D eigenvalue weighted by Gasteiger charge is 2.33. The monoisotopic (exact) mass is 248 g/mol. The minimum atomic E-state index is -0.881. The average molecular weight is 248 g/mol. The normalized spacial score (nSPS) is 19.9. The van der Waals surface area contributed by atoms with Crippen LogP contribution in [0.5, 0.6) is 0 Å². The summed E-state index contributed by atoms with van der Waals surface area (Å²) < 4.78 is 0. The summed E-state index contributed by atoms with van der Waals surface area (Å²) in [4.78, 5) is 26.9. The molecule has 2 N–H and O–H groups in total. The number of carboxylic acid groups (broad SMARTS) is 1. The molecule has 0 aromatic carbocycles. The van der Waals surface area contributed by atoms with Gasteiger partial charge in [0.15, 0.2) is 0 Å². The number of hydrogen-bond donors (Lipinski definition) is 2. The standard InChI is InChI=1S/C13H16N2O3/c16-12-7-11(13(17)18)9-15(12)6-2-1-3-10-4-5-14-8-10/h1,3-5,8,11,14H,2,6-7,9H2,(H,17,18)/b3-1+. The lowest BCUT2D eigenvalue weighted by molar-refractivity contribution is -0.141. The van der Waals surface area contributed by atoms with Crippen molar-refractivity contribution in [3.63, 3.8) is 0 Å². The van der Waals surface area contributed by atoms with Crippen LogP contribution in [-0.2, 0) is 9.59 Å². The molecule has 1 fully saturated rings. The molecule has 0 spiro atoms. The van der Waals surface area contributed by atoms with E-state index >= 15 is 0 Å². The fraction of sp³-hybridized carbons (Fsp3) is 0.385. The molecule has 1 amide bonds. The van der Waals surface area contributed by atoms with E-state index in [4.69, 9.17) is 5.11 Å². The Balaban J connectivity index is 1.77. The number of aliphatic carboxylic acids is 1. The zero-order valence-electron chi connectivity index (χ0n) is 10.0. The van der Waals surface area contributed by atoms with Gasteiger partial charge in [-0.3, -0.25) is 9.59 Å². The van der Waals surface area contributed by atoms with Crippen molar-refractivity contribution in [1.29, 1.82) is 0 Å². The maximum Gasteiger partial charge on any atom is 0.308 e. The first-order chi connectivity index (χ1) is 8.66. The third-order valence-electron chi connectivity index (χ3n) is 3.06. The molecule has 1 aliphatic heterocycles. The molecule has 5 heteroatoms. The van der Waals surface area contributed by atoms with Gasteiger partial charge in [-0.25, -0.2) is 0 Å². The van der Waals surface area contributed by atoms with Gasteiger partial charge < -0.3 is 15.0 Å². The molecule has 1 aliphatic rings. The molecule has 0 bridgehead atoms. The van der Waals surface area contributed by atoms with Gasteiger partial charge in [-0.2, -0.15) is 0 Å². The van der Waals surface area contributed by atoms with Gasteiger partial charge in [0.25, 0.3) is 0 Å². The van der Waals surface area contributed by atoms with Crippen LogP contribution in [0.15, 0.2) is 24.5 Å². The van der Waals surface area contributed by atoms with Crippen molar-refractivity contribution >= 4 is 18.0 Å². The Morgan fingerprint density at radius 2 is 2.44 bits per heavy atom. The third-order valence-corrected chi connectivity index (χ3v) is 3.06. The third kappa shape index (κ3) is 3.00. The molecule has 2 heterocycles. The van der Waals surface area contributed by atoms with Gasteiger partial charge in [0.2, 0.25) is 5.91 Å². The molecule has 0 radical (unpaired) electrons. The van der Waals surface area contributed by atoms with Crippen molar-refractivity contribution in [2.45, 2.75) is 12.8 Å². The maximum absolute atomic E-state index is 11.5. The number of likely N-dealkylation sites (tertiary alicyclic amines) is 1. The Morgan fingerprint density at radius 3 is 3.06 bits per heavy atom. The number of H-pyrrole nitrogens is 1. The van der Waals surface area contributed by atoms with Crippen LogP contribution in [-0.4, -0.2) is 40.0 Å². The lowest BCUT2D eigenvalue weighted by atomic mass is 10.1. The molecular formula is C13H16N2O3. The molecule has 1 aromatic rings. The van der Waals surface area contributed by atoms with Crippen molar-refractivity contribution in [3.8, 4) is 0 Å². The van der Waals surface area contributed by atoms with Crippen molar-refractivity contribution < 1.29 is 14.7 Å². The summed E-state index contributed by atoms with van der Waals surface area (Å²) in [6.45, 7) is 0.926. The molecule has 2 rings (SSSR count). The Morgan fingerprint density at radius 1 is 1.61 bits per heavy atom. The van der Waals surface area contributed by atoms with Gasteiger partial charge in [0.05, 0.1) is 5.92 Å². The van der Waals surface area contributed by atoms with E-state index in [9.17, 15) is 9.59 Å². The van der Waals surface area contributed by atoms with E-state index in [1.807, 2.05) is 30.6 Å². The lowest BCUT2D eigenvalue weighted by Gasteiger charge is -2.14. The van der Waals surface area contributed by atoms with Gasteiger partial charge >= 0.3 is 5.97 Å². The van der Waals surface area contributed by atoms with E-state index < -0.39 is 11.9 Å². The van der Waals surface area contributed by atoms with E-state index in [2.05, 4.69) is 4.98 Å². The van der Waals surface area contributed by atoms with Crippen LogP contribution < -0.4 is 0 Å². The highest BCUT2D eigenvalue weighted by molar-refractivity contribution is 5.86. The number of carbonyl (C=O) groups is 2.